The minimum atomic E-state index is -4.79. The molecule has 0 atom stereocenters. The van der Waals surface area contributed by atoms with Crippen LogP contribution in [0.1, 0.15) is 21.5 Å². The summed E-state index contributed by atoms with van der Waals surface area (Å²) >= 11 is 5.97. The van der Waals surface area contributed by atoms with Gasteiger partial charge in [0.15, 0.2) is 17.5 Å². The Morgan fingerprint density at radius 2 is 1.71 bits per heavy atom. The number of methoxy groups -OCH3 is 1. The topological polar surface area (TPSA) is 76.6 Å². The second-order valence-electron chi connectivity index (χ2n) is 6.80. The number of esters is 1. The van der Waals surface area contributed by atoms with E-state index in [-0.39, 0.29) is 16.0 Å². The first-order valence-electron chi connectivity index (χ1n) is 9.22. The van der Waals surface area contributed by atoms with E-state index in [0.717, 1.165) is 49.6 Å². The largest absolute Gasteiger partial charge is 0.465 e. The number of carbonyl (C=O) groups excluding carboxylic acids is 1. The van der Waals surface area contributed by atoms with Gasteiger partial charge < -0.3 is 4.74 Å². The molecule has 3 rings (SSSR count). The Balaban J connectivity index is 2.12. The quantitative estimate of drug-likeness (QED) is 0.329. The summed E-state index contributed by atoms with van der Waals surface area (Å²) in [5.74, 6) is -3.74. The summed E-state index contributed by atoms with van der Waals surface area (Å²) in [6, 6.07) is 7.55. The van der Waals surface area contributed by atoms with Gasteiger partial charge in [0.1, 0.15) is 0 Å². The van der Waals surface area contributed by atoms with Gasteiger partial charge in [-0.1, -0.05) is 17.7 Å². The number of aromatic nitrogens is 1. The van der Waals surface area contributed by atoms with Crippen LogP contribution in [0, 0.1) is 11.6 Å². The molecule has 0 radical (unpaired) electrons. The maximum absolute atomic E-state index is 13.7. The summed E-state index contributed by atoms with van der Waals surface area (Å²) in [6.07, 6.45) is -4.39. The number of hydrogen-bond donors (Lipinski definition) is 0. The van der Waals surface area contributed by atoms with Crippen molar-refractivity contribution < 1.29 is 39.9 Å². The molecule has 180 valence electrons. The maximum Gasteiger partial charge on any atom is 0.417 e. The molecule has 6 nitrogen and oxygen atoms in total. The Morgan fingerprint density at radius 3 is 2.24 bits per heavy atom. The number of rotatable bonds is 6. The smallest absolute Gasteiger partial charge is 0.417 e. The third kappa shape index (κ3) is 5.28. The van der Waals surface area contributed by atoms with E-state index >= 15 is 0 Å². The standard InChI is InChI=1S/C21H14ClF5N2O4S/c1-33-20(30)13-3-5-15(6-4-13)34(31,32)29(11-12-2-7-17(23)18(24)8-12)19-16(22)9-14(10-28-19)21(25,26)27/h2-10H,11H2,1H3. The number of benzene rings is 2. The third-order valence-corrected chi connectivity index (χ3v) is 6.59. The summed E-state index contributed by atoms with van der Waals surface area (Å²) in [5, 5.41) is -0.646. The Kier molecular flexibility index (Phi) is 7.13. The predicted octanol–water partition coefficient (Wildman–Crippen LogP) is 5.21. The van der Waals surface area contributed by atoms with Gasteiger partial charge in [-0.2, -0.15) is 13.2 Å². The van der Waals surface area contributed by atoms with Gasteiger partial charge in [0.2, 0.25) is 0 Å². The van der Waals surface area contributed by atoms with Gasteiger partial charge in [-0.3, -0.25) is 0 Å². The lowest BCUT2D eigenvalue weighted by Gasteiger charge is -2.25. The SMILES string of the molecule is COC(=O)c1ccc(S(=O)(=O)N(Cc2ccc(F)c(F)c2)c2ncc(C(F)(F)F)cc2Cl)cc1. The van der Waals surface area contributed by atoms with Crippen molar-refractivity contribution in [1.82, 2.24) is 4.98 Å². The summed E-state index contributed by atoms with van der Waals surface area (Å²) < 4.78 is 98.0. The van der Waals surface area contributed by atoms with Crippen LogP contribution in [-0.2, 0) is 27.5 Å². The zero-order chi connectivity index (χ0) is 25.3. The zero-order valence-electron chi connectivity index (χ0n) is 17.1. The molecular weight excluding hydrogens is 507 g/mol. The van der Waals surface area contributed by atoms with E-state index in [2.05, 4.69) is 9.72 Å². The summed E-state index contributed by atoms with van der Waals surface area (Å²) in [4.78, 5) is 14.8. The van der Waals surface area contributed by atoms with Crippen LogP contribution in [0.25, 0.3) is 0 Å². The molecule has 0 aliphatic rings. The molecule has 0 unspecified atom stereocenters. The molecule has 0 aliphatic heterocycles. The number of halogens is 6. The number of ether oxygens (including phenoxy) is 1. The fraction of sp³-hybridized carbons (Fsp3) is 0.143. The van der Waals surface area contributed by atoms with Crippen molar-refractivity contribution in [2.24, 2.45) is 0 Å². The third-order valence-electron chi connectivity index (χ3n) is 4.56. The average molecular weight is 521 g/mol. The van der Waals surface area contributed by atoms with Crippen molar-refractivity contribution in [2.75, 3.05) is 11.4 Å². The fourth-order valence-electron chi connectivity index (χ4n) is 2.85. The molecular formula is C21H14ClF5N2O4S. The van der Waals surface area contributed by atoms with E-state index < -0.39 is 56.8 Å². The van der Waals surface area contributed by atoms with E-state index in [1.165, 1.54) is 0 Å². The van der Waals surface area contributed by atoms with Crippen molar-refractivity contribution in [2.45, 2.75) is 17.6 Å². The molecule has 0 aliphatic carbocycles. The summed E-state index contributed by atoms with van der Waals surface area (Å²) in [7, 11) is -3.42. The highest BCUT2D eigenvalue weighted by molar-refractivity contribution is 7.92. The molecule has 0 spiro atoms. The molecule has 0 bridgehead atoms. The molecule has 0 fully saturated rings. The monoisotopic (exact) mass is 520 g/mol. The van der Waals surface area contributed by atoms with E-state index in [1.807, 2.05) is 0 Å². The predicted molar refractivity (Wildman–Crippen MR) is 112 cm³/mol. The zero-order valence-corrected chi connectivity index (χ0v) is 18.7. The molecule has 1 heterocycles. The lowest BCUT2D eigenvalue weighted by molar-refractivity contribution is -0.137. The van der Waals surface area contributed by atoms with Crippen molar-refractivity contribution in [3.63, 3.8) is 0 Å². The molecule has 0 saturated carbocycles. The number of alkyl halides is 3. The van der Waals surface area contributed by atoms with Crippen LogP contribution < -0.4 is 4.31 Å². The second-order valence-corrected chi connectivity index (χ2v) is 9.07. The van der Waals surface area contributed by atoms with Gasteiger partial charge in [-0.25, -0.2) is 31.3 Å². The van der Waals surface area contributed by atoms with E-state index in [1.54, 1.807) is 0 Å². The lowest BCUT2D eigenvalue weighted by atomic mass is 10.2. The highest BCUT2D eigenvalue weighted by atomic mass is 35.5. The van der Waals surface area contributed by atoms with Crippen molar-refractivity contribution >= 4 is 33.4 Å². The van der Waals surface area contributed by atoms with Crippen LogP contribution in [-0.4, -0.2) is 26.5 Å². The first-order chi connectivity index (χ1) is 15.8. The average Bonchev–Trinajstić information content (AvgIpc) is 2.79. The second kappa shape index (κ2) is 9.55. The summed E-state index contributed by atoms with van der Waals surface area (Å²) in [6.45, 7) is -0.642. The minimum Gasteiger partial charge on any atom is -0.465 e. The van der Waals surface area contributed by atoms with Crippen LogP contribution in [0.15, 0.2) is 59.6 Å². The molecule has 0 amide bonds. The number of pyridine rings is 1. The molecule has 0 saturated heterocycles. The normalized spacial score (nSPS) is 11.9. The van der Waals surface area contributed by atoms with Gasteiger partial charge >= 0.3 is 12.1 Å². The fourth-order valence-corrected chi connectivity index (χ4v) is 4.60. The molecule has 2 aromatic carbocycles. The Hall–Kier alpha value is -3.25. The summed E-state index contributed by atoms with van der Waals surface area (Å²) in [5.41, 5.74) is -1.21. The maximum atomic E-state index is 13.7. The van der Waals surface area contributed by atoms with Gasteiger partial charge in [0.25, 0.3) is 10.0 Å². The van der Waals surface area contributed by atoms with Gasteiger partial charge in [-0.15, -0.1) is 0 Å². The van der Waals surface area contributed by atoms with E-state index in [4.69, 9.17) is 11.6 Å². The molecule has 13 heteroatoms. The highest BCUT2D eigenvalue weighted by Crippen LogP contribution is 2.36. The van der Waals surface area contributed by atoms with E-state index in [0.29, 0.717) is 16.6 Å². The van der Waals surface area contributed by atoms with Crippen LogP contribution >= 0.6 is 11.6 Å². The Labute approximate surface area is 195 Å². The molecule has 0 N–H and O–H groups in total. The Bertz CT molecular complexity index is 1330. The van der Waals surface area contributed by atoms with E-state index in [9.17, 15) is 35.2 Å². The lowest BCUT2D eigenvalue weighted by Crippen LogP contribution is -2.32. The van der Waals surface area contributed by atoms with Crippen molar-refractivity contribution in [3.8, 4) is 0 Å². The molecule has 3 aromatic rings. The van der Waals surface area contributed by atoms with Crippen LogP contribution in [0.3, 0.4) is 0 Å². The van der Waals surface area contributed by atoms with Gasteiger partial charge in [0, 0.05) is 6.20 Å². The van der Waals surface area contributed by atoms with Gasteiger partial charge in [-0.05, 0) is 48.0 Å². The first kappa shape index (κ1) is 25.4. The first-order valence-corrected chi connectivity index (χ1v) is 11.0. The van der Waals surface area contributed by atoms with Crippen molar-refractivity contribution in [3.05, 3.63) is 88.1 Å². The van der Waals surface area contributed by atoms with Crippen molar-refractivity contribution in [1.29, 1.82) is 0 Å². The van der Waals surface area contributed by atoms with Gasteiger partial charge in [0.05, 0.1) is 34.7 Å². The molecule has 34 heavy (non-hydrogen) atoms. The number of hydrogen-bond acceptors (Lipinski definition) is 5. The van der Waals surface area contributed by atoms with Crippen LogP contribution in [0.4, 0.5) is 27.8 Å². The van der Waals surface area contributed by atoms with Crippen LogP contribution in [0.2, 0.25) is 5.02 Å². The number of sulfonamides is 1. The minimum absolute atomic E-state index is 0.0357. The Morgan fingerprint density at radius 1 is 1.06 bits per heavy atom. The number of anilines is 1. The molecule has 1 aromatic heterocycles. The number of carbonyl (C=O) groups is 1. The number of nitrogens with zero attached hydrogens (tertiary/aromatic N) is 2. The van der Waals surface area contributed by atoms with Crippen LogP contribution in [0.5, 0.6) is 0 Å². The highest BCUT2D eigenvalue weighted by Gasteiger charge is 2.34.